The van der Waals surface area contributed by atoms with Crippen LogP contribution in [0.2, 0.25) is 10.0 Å². The summed E-state index contributed by atoms with van der Waals surface area (Å²) in [6.07, 6.45) is 4.53. The molecule has 2 aromatic heterocycles. The second-order valence-electron chi connectivity index (χ2n) is 5.88. The molecule has 29 heavy (non-hydrogen) atoms. The first kappa shape index (κ1) is 19.4. The maximum atomic E-state index is 12.4. The van der Waals surface area contributed by atoms with Gasteiger partial charge in [-0.25, -0.2) is 0 Å². The van der Waals surface area contributed by atoms with E-state index < -0.39 is 0 Å². The average Bonchev–Trinajstić information content (AvgIpc) is 3.28. The minimum absolute atomic E-state index is 0.307. The maximum absolute atomic E-state index is 12.4. The number of aromatic nitrogens is 4. The van der Waals surface area contributed by atoms with E-state index >= 15 is 0 Å². The second-order valence-corrected chi connectivity index (χ2v) is 7.68. The van der Waals surface area contributed by atoms with Crippen molar-refractivity contribution in [2.45, 2.75) is 0 Å². The van der Waals surface area contributed by atoms with Crippen molar-refractivity contribution in [2.24, 2.45) is 0 Å². The third-order valence-electron chi connectivity index (χ3n) is 3.92. The molecule has 0 aliphatic heterocycles. The molecule has 1 amide bonds. The number of carbonyl (C=O) groups is 1. The van der Waals surface area contributed by atoms with Crippen LogP contribution in [0.25, 0.3) is 21.6 Å². The number of amides is 1. The molecule has 1 N–H and O–H groups in total. The van der Waals surface area contributed by atoms with Gasteiger partial charge in [0.1, 0.15) is 17.1 Å². The lowest BCUT2D eigenvalue weighted by atomic mass is 10.1. The number of carbonyl (C=O) groups excluding carboxylic acids is 1. The minimum atomic E-state index is -0.307. The van der Waals surface area contributed by atoms with E-state index in [2.05, 4.69) is 20.6 Å². The fourth-order valence-corrected chi connectivity index (χ4v) is 4.08. The maximum Gasteiger partial charge on any atom is 0.248 e. The van der Waals surface area contributed by atoms with Gasteiger partial charge < -0.3 is 10.1 Å². The van der Waals surface area contributed by atoms with E-state index in [1.54, 1.807) is 35.1 Å². The number of anilines is 1. The van der Waals surface area contributed by atoms with E-state index in [0.717, 1.165) is 10.6 Å². The molecular formula is C19H13Cl2N5O2S. The molecular weight excluding hydrogens is 433 g/mol. The molecule has 0 spiro atoms. The summed E-state index contributed by atoms with van der Waals surface area (Å²) in [7, 11) is 1.50. The van der Waals surface area contributed by atoms with Crippen LogP contribution in [0.1, 0.15) is 5.56 Å². The first-order valence-electron chi connectivity index (χ1n) is 8.33. The monoisotopic (exact) mass is 445 g/mol. The van der Waals surface area contributed by atoms with E-state index in [-0.39, 0.29) is 5.91 Å². The van der Waals surface area contributed by atoms with Gasteiger partial charge in [-0.1, -0.05) is 46.7 Å². The van der Waals surface area contributed by atoms with Gasteiger partial charge in [-0.05, 0) is 30.3 Å². The van der Waals surface area contributed by atoms with Crippen molar-refractivity contribution < 1.29 is 9.53 Å². The van der Waals surface area contributed by atoms with Gasteiger partial charge in [-0.2, -0.15) is 9.61 Å². The van der Waals surface area contributed by atoms with E-state index in [1.165, 1.54) is 24.5 Å². The number of ether oxygens (including phenoxy) is 1. The summed E-state index contributed by atoms with van der Waals surface area (Å²) >= 11 is 13.6. The largest absolute Gasteiger partial charge is 0.495 e. The zero-order valence-electron chi connectivity index (χ0n) is 15.0. The van der Waals surface area contributed by atoms with Crippen molar-refractivity contribution in [1.82, 2.24) is 19.8 Å². The summed E-state index contributed by atoms with van der Waals surface area (Å²) in [5, 5.41) is 16.6. The van der Waals surface area contributed by atoms with Crippen LogP contribution in [-0.4, -0.2) is 32.8 Å². The Hall–Kier alpha value is -2.94. The van der Waals surface area contributed by atoms with Gasteiger partial charge in [0, 0.05) is 27.9 Å². The zero-order chi connectivity index (χ0) is 20.4. The second kappa shape index (κ2) is 8.20. The zero-order valence-corrected chi connectivity index (χ0v) is 17.3. The van der Waals surface area contributed by atoms with Gasteiger partial charge in [-0.3, -0.25) is 4.79 Å². The lowest BCUT2D eigenvalue weighted by molar-refractivity contribution is -0.111. The standard InChI is InChI=1S/C19H13Cl2N5O2S/c1-28-17-11(7-13(20)9-15(17)21)5-6-16(27)23-14-4-2-3-12(8-14)18-25-26-10-22-24-19(26)29-18/h2-10H,1H3,(H,23,27). The van der Waals surface area contributed by atoms with Gasteiger partial charge in [0.2, 0.25) is 10.9 Å². The molecule has 0 radical (unpaired) electrons. The molecule has 0 unspecified atom stereocenters. The molecule has 0 saturated carbocycles. The quantitative estimate of drug-likeness (QED) is 0.445. The Bertz CT molecular complexity index is 1210. The smallest absolute Gasteiger partial charge is 0.248 e. The molecule has 146 valence electrons. The Balaban J connectivity index is 1.52. The number of hydrogen-bond acceptors (Lipinski definition) is 6. The van der Waals surface area contributed by atoms with Gasteiger partial charge in [0.25, 0.3) is 0 Å². The Morgan fingerprint density at radius 1 is 1.28 bits per heavy atom. The molecule has 7 nitrogen and oxygen atoms in total. The third-order valence-corrected chi connectivity index (χ3v) is 5.38. The van der Waals surface area contributed by atoms with Crippen LogP contribution in [0.3, 0.4) is 0 Å². The lowest BCUT2D eigenvalue weighted by Crippen LogP contribution is -2.07. The van der Waals surface area contributed by atoms with Crippen LogP contribution >= 0.6 is 34.5 Å². The number of fused-ring (bicyclic) bond motifs is 1. The van der Waals surface area contributed by atoms with Crippen LogP contribution in [0.15, 0.2) is 48.8 Å². The summed E-state index contributed by atoms with van der Waals surface area (Å²) in [5.41, 5.74) is 2.11. The topological polar surface area (TPSA) is 81.4 Å². The summed E-state index contributed by atoms with van der Waals surface area (Å²) in [4.78, 5) is 13.1. The molecule has 10 heteroatoms. The highest BCUT2D eigenvalue weighted by atomic mass is 35.5. The highest BCUT2D eigenvalue weighted by molar-refractivity contribution is 7.19. The van der Waals surface area contributed by atoms with E-state index in [0.29, 0.717) is 32.0 Å². The summed E-state index contributed by atoms with van der Waals surface area (Å²) in [5.74, 6) is 0.142. The van der Waals surface area contributed by atoms with Gasteiger partial charge in [-0.15, -0.1) is 10.2 Å². The molecule has 0 saturated heterocycles. The van der Waals surface area contributed by atoms with Crippen LogP contribution in [0, 0.1) is 0 Å². The first-order valence-corrected chi connectivity index (χ1v) is 9.90. The highest BCUT2D eigenvalue weighted by Gasteiger charge is 2.10. The SMILES string of the molecule is COc1c(Cl)cc(Cl)cc1C=CC(=O)Nc1cccc(-c2nn3cnnc3s2)c1. The number of rotatable bonds is 5. The molecule has 4 rings (SSSR count). The molecule has 0 atom stereocenters. The van der Waals surface area contributed by atoms with Crippen molar-refractivity contribution in [1.29, 1.82) is 0 Å². The molecule has 0 fully saturated rings. The number of benzene rings is 2. The number of methoxy groups -OCH3 is 1. The molecule has 4 aromatic rings. The Kier molecular flexibility index (Phi) is 5.48. The predicted octanol–water partition coefficient (Wildman–Crippen LogP) is 4.82. The lowest BCUT2D eigenvalue weighted by Gasteiger charge is -2.08. The Morgan fingerprint density at radius 2 is 2.14 bits per heavy atom. The molecule has 0 aliphatic rings. The summed E-state index contributed by atoms with van der Waals surface area (Å²) in [6, 6.07) is 10.6. The van der Waals surface area contributed by atoms with Gasteiger partial charge in [0.05, 0.1) is 12.1 Å². The number of nitrogens with zero attached hydrogens (tertiary/aromatic N) is 4. The van der Waals surface area contributed by atoms with Crippen molar-refractivity contribution in [2.75, 3.05) is 12.4 Å². The summed E-state index contributed by atoms with van der Waals surface area (Å²) in [6.45, 7) is 0. The molecule has 0 bridgehead atoms. The van der Waals surface area contributed by atoms with Crippen LogP contribution < -0.4 is 10.1 Å². The third kappa shape index (κ3) is 4.24. The van der Waals surface area contributed by atoms with E-state index in [9.17, 15) is 4.79 Å². The van der Waals surface area contributed by atoms with E-state index in [1.807, 2.05) is 18.2 Å². The first-order chi connectivity index (χ1) is 14.0. The Labute approximate surface area is 179 Å². The fraction of sp³-hybridized carbons (Fsp3) is 0.0526. The van der Waals surface area contributed by atoms with Crippen LogP contribution in [0.4, 0.5) is 5.69 Å². The van der Waals surface area contributed by atoms with E-state index in [4.69, 9.17) is 27.9 Å². The van der Waals surface area contributed by atoms with Crippen LogP contribution in [0.5, 0.6) is 5.75 Å². The molecule has 0 aliphatic carbocycles. The number of nitrogens with one attached hydrogen (secondary N) is 1. The van der Waals surface area contributed by atoms with Gasteiger partial charge in [0.15, 0.2) is 0 Å². The molecule has 2 heterocycles. The predicted molar refractivity (Wildman–Crippen MR) is 115 cm³/mol. The number of hydrogen-bond donors (Lipinski definition) is 1. The highest BCUT2D eigenvalue weighted by Crippen LogP contribution is 2.33. The van der Waals surface area contributed by atoms with Crippen LogP contribution in [-0.2, 0) is 4.79 Å². The average molecular weight is 446 g/mol. The normalized spacial score (nSPS) is 11.3. The van der Waals surface area contributed by atoms with Crippen molar-refractivity contribution in [3.8, 4) is 16.3 Å². The van der Waals surface area contributed by atoms with Crippen molar-refractivity contribution in [3.05, 3.63) is 64.4 Å². The molecule has 2 aromatic carbocycles. The Morgan fingerprint density at radius 3 is 2.93 bits per heavy atom. The summed E-state index contributed by atoms with van der Waals surface area (Å²) < 4.78 is 6.88. The van der Waals surface area contributed by atoms with Crippen molar-refractivity contribution in [3.63, 3.8) is 0 Å². The fourth-order valence-electron chi connectivity index (χ4n) is 2.68. The number of halogens is 2. The van der Waals surface area contributed by atoms with Gasteiger partial charge >= 0.3 is 0 Å². The minimum Gasteiger partial charge on any atom is -0.495 e. The van der Waals surface area contributed by atoms with Crippen molar-refractivity contribution >= 4 is 57.2 Å².